The highest BCUT2D eigenvalue weighted by Gasteiger charge is 2.64. The lowest BCUT2D eigenvalue weighted by atomic mass is 9.50. The van der Waals surface area contributed by atoms with Gasteiger partial charge < -0.3 is 23.7 Å². The maximum Gasteiger partial charge on any atom is 0.363 e. The molecular weight excluding hydrogens is 1570 g/mol. The molecule has 21 heteroatoms. The Balaban J connectivity index is 0.000000115. The van der Waals surface area contributed by atoms with Crippen molar-refractivity contribution in [1.82, 2.24) is 0 Å². The van der Waals surface area contributed by atoms with Crippen molar-refractivity contribution in [2.75, 3.05) is 97.8 Å². The van der Waals surface area contributed by atoms with Gasteiger partial charge in [0.05, 0.1) is 5.25 Å². The lowest BCUT2D eigenvalue weighted by Crippen LogP contribution is -2.60. The molecule has 0 N–H and O–H groups in total. The first-order valence-corrected chi connectivity index (χ1v) is 57.9. The van der Waals surface area contributed by atoms with Gasteiger partial charge in [-0.05, 0) is 398 Å². The SMILES string of the molecule is CC(C)(C)OC(=O)C[S+]1CCCCC1.CC1(OC(=O)C2([S+]3CCCCC3)CCCC2)C2CC3CC(C2)CC1C3.CC1(OC(=O)C[S+]2CCCC2)C2CC3CC(C2)CC1C3.CC1(OC(=O)C[S+]2CCCCC2)C2CC3CC(C2)CC1C3.O=C(C[S+]1CCCC1)c1ccccc1.O=C(C[S+]1CCCCC1)OC1CCC2CC1OS2(=O)=O. The van der Waals surface area contributed by atoms with Crippen molar-refractivity contribution in [2.24, 2.45) is 71.0 Å². The summed E-state index contributed by atoms with van der Waals surface area (Å²) >= 11 is 0. The van der Waals surface area contributed by atoms with E-state index in [-0.39, 0.29) is 90.1 Å². The average Bonchev–Trinajstić information content (AvgIpc) is 1.17. The Morgan fingerprint density at radius 1 is 0.395 bits per heavy atom. The smallest absolute Gasteiger partial charge is 0.363 e. The summed E-state index contributed by atoms with van der Waals surface area (Å²) in [5.41, 5.74) is 0.180. The fraction of sp³-hybridized carbons (Fsp3) is 0.871. The molecule has 21 aliphatic rings. The number of hydrogen-bond acceptors (Lipinski definition) is 14. The summed E-state index contributed by atoms with van der Waals surface area (Å²) in [5.74, 6) is 28.5. The van der Waals surface area contributed by atoms with Crippen LogP contribution < -0.4 is 0 Å². The Kier molecular flexibility index (Phi) is 30.9. The van der Waals surface area contributed by atoms with E-state index in [0.29, 0.717) is 127 Å². The van der Waals surface area contributed by atoms with Crippen LogP contribution in [0, 0.1) is 71.0 Å². The summed E-state index contributed by atoms with van der Waals surface area (Å²) in [7, 11) is -1.58. The lowest BCUT2D eigenvalue weighted by molar-refractivity contribution is -0.205. The van der Waals surface area contributed by atoms with E-state index in [1.807, 2.05) is 51.1 Å². The summed E-state index contributed by atoms with van der Waals surface area (Å²) in [6.07, 6.45) is 46.8. The number of fused-ring (bicyclic) bond motifs is 2. The zero-order valence-electron chi connectivity index (χ0n) is 71.0. The predicted octanol–water partition coefficient (Wildman–Crippen LogP) is 17.0. The molecule has 7 aliphatic heterocycles. The highest BCUT2D eigenvalue weighted by Crippen LogP contribution is 2.63. The first-order chi connectivity index (χ1) is 54.7. The van der Waals surface area contributed by atoms with Crippen LogP contribution in [0.2, 0.25) is 0 Å². The molecule has 0 aromatic heterocycles. The molecule has 14 aliphatic carbocycles. The minimum Gasteiger partial charge on any atom is -0.456 e. The van der Waals surface area contributed by atoms with Gasteiger partial charge in [0.1, 0.15) is 104 Å². The van der Waals surface area contributed by atoms with E-state index < -0.39 is 16.2 Å². The molecule has 3 atom stereocenters. The number of carbonyl (C=O) groups is 6. The zero-order valence-corrected chi connectivity index (χ0v) is 76.7. The molecule has 114 heavy (non-hydrogen) atoms. The monoisotopic (exact) mass is 1710 g/mol. The third-order valence-electron chi connectivity index (χ3n) is 31.0. The molecule has 7 heterocycles. The molecule has 14 nitrogen and oxygen atoms in total. The van der Waals surface area contributed by atoms with Gasteiger partial charge in [-0.25, -0.2) is 24.0 Å². The van der Waals surface area contributed by atoms with Gasteiger partial charge in [0.15, 0.2) is 5.75 Å². The van der Waals surface area contributed by atoms with Crippen LogP contribution in [0.5, 0.6) is 0 Å². The molecular formula is C93H148O14S7+6. The van der Waals surface area contributed by atoms with Crippen LogP contribution in [-0.4, -0.2) is 186 Å². The van der Waals surface area contributed by atoms with E-state index in [0.717, 1.165) is 71.2 Å². The van der Waals surface area contributed by atoms with E-state index in [1.54, 1.807) is 0 Å². The Morgan fingerprint density at radius 2 is 0.728 bits per heavy atom. The second kappa shape index (κ2) is 39.8. The number of Topliss-reactive ketones (excluding diaryl/α,β-unsaturated/α-hetero) is 1. The topological polar surface area (TPSA) is 192 Å². The second-order valence-electron chi connectivity index (χ2n) is 40.4. The van der Waals surface area contributed by atoms with Crippen molar-refractivity contribution in [2.45, 2.75) is 330 Å². The van der Waals surface area contributed by atoms with E-state index >= 15 is 0 Å². The fourth-order valence-corrected chi connectivity index (χ4v) is 40.7. The van der Waals surface area contributed by atoms with Gasteiger partial charge in [-0.2, -0.15) is 8.42 Å². The number of hydrogen-bond donors (Lipinski definition) is 0. The van der Waals surface area contributed by atoms with Crippen molar-refractivity contribution in [3.8, 4) is 0 Å². The number of carbonyl (C=O) groups excluding carboxylic acids is 6. The van der Waals surface area contributed by atoms with Gasteiger partial charge >= 0.3 is 29.8 Å². The third-order valence-corrected chi connectivity index (χ3v) is 47.9. The second-order valence-corrected chi connectivity index (χ2v) is 56.4. The van der Waals surface area contributed by atoms with Crippen molar-refractivity contribution in [3.05, 3.63) is 35.9 Å². The number of benzene rings is 1. The van der Waals surface area contributed by atoms with Gasteiger partial charge in [-0.1, -0.05) is 30.3 Å². The highest BCUT2D eigenvalue weighted by atomic mass is 32.2. The Morgan fingerprint density at radius 3 is 1.11 bits per heavy atom. The lowest BCUT2D eigenvalue weighted by Gasteiger charge is -2.59. The van der Waals surface area contributed by atoms with E-state index in [1.165, 1.54) is 269 Å². The van der Waals surface area contributed by atoms with Crippen molar-refractivity contribution in [3.63, 3.8) is 0 Å². The first kappa shape index (κ1) is 88.6. The van der Waals surface area contributed by atoms with Crippen LogP contribution >= 0.6 is 0 Å². The molecule has 3 unspecified atom stereocenters. The van der Waals surface area contributed by atoms with Crippen LogP contribution in [0.4, 0.5) is 0 Å². The molecule has 640 valence electrons. The van der Waals surface area contributed by atoms with E-state index in [2.05, 4.69) is 20.8 Å². The zero-order chi connectivity index (χ0) is 79.8. The van der Waals surface area contributed by atoms with E-state index in [9.17, 15) is 37.2 Å². The molecule has 1 aromatic rings. The van der Waals surface area contributed by atoms with Crippen LogP contribution in [0.15, 0.2) is 30.3 Å². The molecule has 0 radical (unpaired) electrons. The van der Waals surface area contributed by atoms with Crippen LogP contribution in [0.25, 0.3) is 0 Å². The maximum absolute atomic E-state index is 13.6. The number of esters is 5. The number of ether oxygens (including phenoxy) is 5. The minimum atomic E-state index is -3.41. The molecule has 14 bridgehead atoms. The van der Waals surface area contributed by atoms with Crippen molar-refractivity contribution in [1.29, 1.82) is 0 Å². The molecule has 0 spiro atoms. The molecule has 7 saturated heterocycles. The van der Waals surface area contributed by atoms with E-state index in [4.69, 9.17) is 27.9 Å². The largest absolute Gasteiger partial charge is 0.456 e. The molecule has 14 saturated carbocycles. The van der Waals surface area contributed by atoms with Crippen molar-refractivity contribution >= 4 is 111 Å². The minimum absolute atomic E-state index is 0.0114. The summed E-state index contributed by atoms with van der Waals surface area (Å²) in [6, 6.07) is 9.66. The summed E-state index contributed by atoms with van der Waals surface area (Å²) in [4.78, 5) is 73.8. The first-order valence-electron chi connectivity index (χ1n) is 46.2. The van der Waals surface area contributed by atoms with Crippen LogP contribution in [-0.2, 0) is 127 Å². The van der Waals surface area contributed by atoms with Gasteiger partial charge in [-0.3, -0.25) is 8.98 Å². The quantitative estimate of drug-likeness (QED) is 0.0470. The Labute approximate surface area is 705 Å². The van der Waals surface area contributed by atoms with Crippen LogP contribution in [0.3, 0.4) is 0 Å². The summed E-state index contributed by atoms with van der Waals surface area (Å²) < 4.78 is 58.0. The Hall–Kier alpha value is -1.75. The van der Waals surface area contributed by atoms with Gasteiger partial charge in [-0.15, -0.1) is 0 Å². The van der Waals surface area contributed by atoms with Gasteiger partial charge in [0.2, 0.25) is 33.5 Å². The summed E-state index contributed by atoms with van der Waals surface area (Å²) in [6.45, 7) is 12.6. The number of ketones is 1. The third kappa shape index (κ3) is 22.6. The summed E-state index contributed by atoms with van der Waals surface area (Å²) in [5, 5.41) is -0.386. The highest BCUT2D eigenvalue weighted by molar-refractivity contribution is 7.99. The predicted molar refractivity (Wildman–Crippen MR) is 475 cm³/mol. The van der Waals surface area contributed by atoms with Crippen molar-refractivity contribution < 1.29 is 65.1 Å². The molecule has 22 rings (SSSR count). The van der Waals surface area contributed by atoms with Gasteiger partial charge in [0.25, 0.3) is 10.1 Å². The Bertz CT molecular complexity index is 3360. The standard InChI is InChI=1S/C22H35O2S.C18H29O2S.C17H27O2S.C13H21O5S2.C12H15OS.C11H21O2S/c1-21(18-12-16-11-17(14-18)15-19(21)13-16)24-20(23)22(7-3-4-8-22)25-9-5-2-6-10-25;1-18(20-17(19)12-21-5-3-2-4-6-21)15-8-13-7-14(10-15)11-16(18)9-13;1-17(19-16(18)11-20-4-2-3-5-20)14-7-12-6-13(9-14)10-15(17)8-12;14-13(9-19-6-2-1-3-7-19)17-11-5-4-10-8-12(11)18-20(10,15)16;13-12(10-14-8-4-5-9-14)11-6-2-1-3-7-11;1-11(2,3)13-10(12)9-14-7-5-4-6-8-14/h16-19H,2-15H2,1H3;13-16H,2-12H2,1H3;12-15H,2-11H2,1H3;10-12H,1-9H2;1-3,6-7H,4-5,8-10H2;4-9H2,1-3H3/q6*+1. The van der Waals surface area contributed by atoms with Crippen LogP contribution in [0.1, 0.15) is 296 Å². The molecule has 21 fully saturated rings. The van der Waals surface area contributed by atoms with Gasteiger partial charge in [0, 0.05) is 29.3 Å². The number of rotatable bonds is 17. The molecule has 0 amide bonds. The normalized spacial score (nSPS) is 37.6. The fourth-order valence-electron chi connectivity index (χ4n) is 25.3. The maximum atomic E-state index is 13.6. The average molecular weight is 1710 g/mol. The molecule has 1 aromatic carbocycles.